The normalized spacial score (nSPS) is 24.5. The van der Waals surface area contributed by atoms with Crippen molar-refractivity contribution >= 4 is 18.3 Å². The van der Waals surface area contributed by atoms with E-state index >= 15 is 0 Å². The molecule has 1 atom stereocenters. The van der Waals surface area contributed by atoms with Gasteiger partial charge in [0.05, 0.1) is 18.6 Å². The fourth-order valence-electron chi connectivity index (χ4n) is 3.03. The SMILES string of the molecule is Cl.O=C(NCCOC1CCCCCC1)C1CCCNC1. The summed E-state index contributed by atoms with van der Waals surface area (Å²) in [5.41, 5.74) is 0. The summed E-state index contributed by atoms with van der Waals surface area (Å²) in [4.78, 5) is 11.9. The number of ether oxygens (including phenoxy) is 1. The Balaban J connectivity index is 0.00000200. The molecule has 4 nitrogen and oxygen atoms in total. The van der Waals surface area contributed by atoms with Crippen molar-refractivity contribution < 1.29 is 9.53 Å². The lowest BCUT2D eigenvalue weighted by Gasteiger charge is -2.22. The molecule has 0 radical (unpaired) electrons. The summed E-state index contributed by atoms with van der Waals surface area (Å²) in [6.45, 7) is 3.20. The predicted molar refractivity (Wildman–Crippen MR) is 83.3 cm³/mol. The highest BCUT2D eigenvalue weighted by Gasteiger charge is 2.20. The molecule has 1 aliphatic carbocycles. The smallest absolute Gasteiger partial charge is 0.224 e. The van der Waals surface area contributed by atoms with Gasteiger partial charge in [0, 0.05) is 13.1 Å². The molecule has 0 aromatic rings. The molecule has 1 saturated heterocycles. The van der Waals surface area contributed by atoms with Crippen molar-refractivity contribution in [2.45, 2.75) is 57.5 Å². The summed E-state index contributed by atoms with van der Waals surface area (Å²) in [6, 6.07) is 0. The lowest BCUT2D eigenvalue weighted by Crippen LogP contribution is -2.41. The number of hydrogen-bond donors (Lipinski definition) is 2. The van der Waals surface area contributed by atoms with Crippen molar-refractivity contribution in [2.24, 2.45) is 5.92 Å². The Labute approximate surface area is 128 Å². The predicted octanol–water partition coefficient (Wildman–Crippen LogP) is 2.26. The third-order valence-corrected chi connectivity index (χ3v) is 4.22. The van der Waals surface area contributed by atoms with Crippen molar-refractivity contribution in [1.82, 2.24) is 10.6 Å². The minimum Gasteiger partial charge on any atom is -0.376 e. The molecule has 1 aliphatic heterocycles. The van der Waals surface area contributed by atoms with Gasteiger partial charge in [-0.05, 0) is 32.2 Å². The molecule has 0 aromatic heterocycles. The maximum atomic E-state index is 11.9. The minimum atomic E-state index is 0. The van der Waals surface area contributed by atoms with E-state index in [1.807, 2.05) is 0 Å². The quantitative estimate of drug-likeness (QED) is 0.605. The van der Waals surface area contributed by atoms with E-state index in [9.17, 15) is 4.79 Å². The van der Waals surface area contributed by atoms with Crippen LogP contribution in [0.3, 0.4) is 0 Å². The molecule has 0 bridgehead atoms. The number of carbonyl (C=O) groups excluding carboxylic acids is 1. The van der Waals surface area contributed by atoms with E-state index in [0.29, 0.717) is 19.3 Å². The van der Waals surface area contributed by atoms with Gasteiger partial charge in [-0.3, -0.25) is 4.79 Å². The molecule has 2 fully saturated rings. The Bertz CT molecular complexity index is 263. The third kappa shape index (κ3) is 6.42. The van der Waals surface area contributed by atoms with Crippen LogP contribution in [0.25, 0.3) is 0 Å². The number of nitrogens with one attached hydrogen (secondary N) is 2. The van der Waals surface area contributed by atoms with Gasteiger partial charge in [-0.15, -0.1) is 12.4 Å². The van der Waals surface area contributed by atoms with Crippen LogP contribution in [0.15, 0.2) is 0 Å². The zero-order valence-corrected chi connectivity index (χ0v) is 13.2. The van der Waals surface area contributed by atoms with Crippen molar-refractivity contribution in [1.29, 1.82) is 0 Å². The molecule has 0 spiro atoms. The first kappa shape index (κ1) is 17.7. The zero-order valence-electron chi connectivity index (χ0n) is 12.4. The van der Waals surface area contributed by atoms with E-state index < -0.39 is 0 Å². The molecule has 0 aromatic carbocycles. The molecule has 118 valence electrons. The second kappa shape index (κ2) is 10.4. The Kier molecular flexibility index (Phi) is 9.23. The number of amides is 1. The first-order valence-electron chi connectivity index (χ1n) is 7.96. The van der Waals surface area contributed by atoms with Crippen LogP contribution in [0.1, 0.15) is 51.4 Å². The lowest BCUT2D eigenvalue weighted by atomic mass is 9.99. The lowest BCUT2D eigenvalue weighted by molar-refractivity contribution is -0.125. The van der Waals surface area contributed by atoms with Crippen LogP contribution in [0.4, 0.5) is 0 Å². The number of rotatable bonds is 5. The second-order valence-corrected chi connectivity index (χ2v) is 5.82. The Morgan fingerprint density at radius 3 is 2.50 bits per heavy atom. The summed E-state index contributed by atoms with van der Waals surface area (Å²) in [6.07, 6.45) is 10.2. The zero-order chi connectivity index (χ0) is 13.3. The van der Waals surface area contributed by atoms with Crippen LogP contribution in [0.2, 0.25) is 0 Å². The highest BCUT2D eigenvalue weighted by molar-refractivity contribution is 5.85. The molecule has 2 aliphatic rings. The average molecular weight is 305 g/mol. The molecular formula is C15H29ClN2O2. The summed E-state index contributed by atoms with van der Waals surface area (Å²) < 4.78 is 5.87. The average Bonchev–Trinajstić information content (AvgIpc) is 2.73. The van der Waals surface area contributed by atoms with Gasteiger partial charge in [-0.2, -0.15) is 0 Å². The molecule has 20 heavy (non-hydrogen) atoms. The van der Waals surface area contributed by atoms with E-state index in [-0.39, 0.29) is 24.2 Å². The molecular weight excluding hydrogens is 276 g/mol. The van der Waals surface area contributed by atoms with Crippen molar-refractivity contribution in [3.63, 3.8) is 0 Å². The van der Waals surface area contributed by atoms with E-state index in [2.05, 4.69) is 10.6 Å². The minimum absolute atomic E-state index is 0. The summed E-state index contributed by atoms with van der Waals surface area (Å²) in [7, 11) is 0. The van der Waals surface area contributed by atoms with Crippen LogP contribution >= 0.6 is 12.4 Å². The standard InChI is InChI=1S/C15H28N2O2.ClH/c18-15(13-6-5-9-16-12-13)17-10-11-19-14-7-3-1-2-4-8-14;/h13-14,16H,1-12H2,(H,17,18);1H. The van der Waals surface area contributed by atoms with E-state index in [1.54, 1.807) is 0 Å². The molecule has 5 heteroatoms. The molecule has 2 N–H and O–H groups in total. The van der Waals surface area contributed by atoms with Crippen LogP contribution in [0, 0.1) is 5.92 Å². The Hall–Kier alpha value is -0.320. The maximum absolute atomic E-state index is 11.9. The van der Waals surface area contributed by atoms with Gasteiger partial charge in [0.2, 0.25) is 5.91 Å². The van der Waals surface area contributed by atoms with Crippen LogP contribution in [0.5, 0.6) is 0 Å². The highest BCUT2D eigenvalue weighted by Crippen LogP contribution is 2.19. The largest absolute Gasteiger partial charge is 0.376 e. The number of hydrogen-bond acceptors (Lipinski definition) is 3. The van der Waals surface area contributed by atoms with Crippen molar-refractivity contribution in [2.75, 3.05) is 26.2 Å². The van der Waals surface area contributed by atoms with Gasteiger partial charge >= 0.3 is 0 Å². The van der Waals surface area contributed by atoms with Crippen LogP contribution in [-0.4, -0.2) is 38.3 Å². The van der Waals surface area contributed by atoms with Gasteiger partial charge in [0.1, 0.15) is 0 Å². The van der Waals surface area contributed by atoms with Gasteiger partial charge in [0.15, 0.2) is 0 Å². The fraction of sp³-hybridized carbons (Fsp3) is 0.933. The highest BCUT2D eigenvalue weighted by atomic mass is 35.5. The Morgan fingerprint density at radius 1 is 1.10 bits per heavy atom. The van der Waals surface area contributed by atoms with Crippen molar-refractivity contribution in [3.8, 4) is 0 Å². The van der Waals surface area contributed by atoms with Crippen LogP contribution in [-0.2, 0) is 9.53 Å². The molecule has 1 amide bonds. The molecule has 1 saturated carbocycles. The van der Waals surface area contributed by atoms with Gasteiger partial charge in [-0.1, -0.05) is 25.7 Å². The maximum Gasteiger partial charge on any atom is 0.224 e. The fourth-order valence-corrected chi connectivity index (χ4v) is 3.03. The number of carbonyl (C=O) groups is 1. The third-order valence-electron chi connectivity index (χ3n) is 4.22. The van der Waals surface area contributed by atoms with Gasteiger partial charge in [0.25, 0.3) is 0 Å². The first-order chi connectivity index (χ1) is 9.36. The topological polar surface area (TPSA) is 50.4 Å². The van der Waals surface area contributed by atoms with Crippen molar-refractivity contribution in [3.05, 3.63) is 0 Å². The van der Waals surface area contributed by atoms with Gasteiger partial charge < -0.3 is 15.4 Å². The summed E-state index contributed by atoms with van der Waals surface area (Å²) in [5.74, 6) is 0.350. The van der Waals surface area contributed by atoms with E-state index in [0.717, 1.165) is 25.9 Å². The van der Waals surface area contributed by atoms with Crippen LogP contribution < -0.4 is 10.6 Å². The Morgan fingerprint density at radius 2 is 1.85 bits per heavy atom. The molecule has 1 heterocycles. The number of piperidine rings is 1. The molecule has 2 rings (SSSR count). The van der Waals surface area contributed by atoms with E-state index in [1.165, 1.54) is 38.5 Å². The summed E-state index contributed by atoms with van der Waals surface area (Å²) in [5, 5.41) is 6.28. The monoisotopic (exact) mass is 304 g/mol. The number of halogens is 1. The molecule has 1 unspecified atom stereocenters. The summed E-state index contributed by atoms with van der Waals surface area (Å²) >= 11 is 0. The first-order valence-corrected chi connectivity index (χ1v) is 7.96. The second-order valence-electron chi connectivity index (χ2n) is 5.82. The van der Waals surface area contributed by atoms with Gasteiger partial charge in [-0.25, -0.2) is 0 Å². The van der Waals surface area contributed by atoms with E-state index in [4.69, 9.17) is 4.74 Å².